The second kappa shape index (κ2) is 4.52. The standard InChI is InChI=1S/C17H14O4/c1-10-2-4-14-12(6-10)13(18)8-16(21-14)11-3-5-15-17(7-11)20-9-19-15/h2-7,16H,8-9H2,1H3. The number of Topliss-reactive ketones (excluding diaryl/α,β-unsaturated/α-hetero) is 1. The van der Waals surface area contributed by atoms with Crippen molar-refractivity contribution in [3.63, 3.8) is 0 Å². The van der Waals surface area contributed by atoms with Gasteiger partial charge in [-0.25, -0.2) is 0 Å². The lowest BCUT2D eigenvalue weighted by atomic mass is 9.95. The fraction of sp³-hybridized carbons (Fsp3) is 0.235. The van der Waals surface area contributed by atoms with E-state index in [-0.39, 0.29) is 18.7 Å². The first kappa shape index (κ1) is 12.3. The van der Waals surface area contributed by atoms with Crippen molar-refractivity contribution in [1.29, 1.82) is 0 Å². The predicted octanol–water partition coefficient (Wildman–Crippen LogP) is 3.43. The molecule has 2 aliphatic heterocycles. The van der Waals surface area contributed by atoms with Crippen LogP contribution < -0.4 is 14.2 Å². The number of hydrogen-bond acceptors (Lipinski definition) is 4. The molecule has 4 heteroatoms. The van der Waals surface area contributed by atoms with Crippen molar-refractivity contribution in [1.82, 2.24) is 0 Å². The Hall–Kier alpha value is -2.49. The van der Waals surface area contributed by atoms with Crippen LogP contribution in [0.1, 0.15) is 34.0 Å². The molecule has 2 aromatic carbocycles. The van der Waals surface area contributed by atoms with E-state index in [4.69, 9.17) is 14.2 Å². The third-order valence-electron chi connectivity index (χ3n) is 3.84. The average molecular weight is 282 g/mol. The zero-order chi connectivity index (χ0) is 14.4. The molecule has 2 heterocycles. The van der Waals surface area contributed by atoms with Gasteiger partial charge in [0.05, 0.1) is 12.0 Å². The number of fused-ring (bicyclic) bond motifs is 2. The zero-order valence-electron chi connectivity index (χ0n) is 11.6. The Bertz CT molecular complexity index is 736. The van der Waals surface area contributed by atoms with Crippen molar-refractivity contribution in [3.8, 4) is 17.2 Å². The van der Waals surface area contributed by atoms with Crippen LogP contribution in [-0.2, 0) is 0 Å². The highest BCUT2D eigenvalue weighted by Gasteiger charge is 2.28. The monoisotopic (exact) mass is 282 g/mol. The van der Waals surface area contributed by atoms with Crippen LogP contribution >= 0.6 is 0 Å². The number of ether oxygens (including phenoxy) is 3. The summed E-state index contributed by atoms with van der Waals surface area (Å²) in [6.45, 7) is 2.21. The molecule has 0 amide bonds. The van der Waals surface area contributed by atoms with E-state index in [1.165, 1.54) is 0 Å². The summed E-state index contributed by atoms with van der Waals surface area (Å²) in [6, 6.07) is 11.4. The van der Waals surface area contributed by atoms with Crippen LogP contribution in [0.15, 0.2) is 36.4 Å². The minimum absolute atomic E-state index is 0.114. The molecule has 2 aromatic rings. The van der Waals surface area contributed by atoms with Gasteiger partial charge >= 0.3 is 0 Å². The fourth-order valence-electron chi connectivity index (χ4n) is 2.74. The van der Waals surface area contributed by atoms with Gasteiger partial charge in [0.15, 0.2) is 17.3 Å². The van der Waals surface area contributed by atoms with E-state index in [2.05, 4.69) is 0 Å². The lowest BCUT2D eigenvalue weighted by Crippen LogP contribution is -2.20. The molecular formula is C17H14O4. The maximum Gasteiger partial charge on any atom is 0.231 e. The van der Waals surface area contributed by atoms with Gasteiger partial charge in [-0.1, -0.05) is 17.7 Å². The van der Waals surface area contributed by atoms with Crippen molar-refractivity contribution in [2.75, 3.05) is 6.79 Å². The second-order valence-corrected chi connectivity index (χ2v) is 5.35. The Morgan fingerprint density at radius 2 is 1.81 bits per heavy atom. The van der Waals surface area contributed by atoms with Crippen molar-refractivity contribution in [3.05, 3.63) is 53.1 Å². The third kappa shape index (κ3) is 2.03. The van der Waals surface area contributed by atoms with Gasteiger partial charge in [-0.3, -0.25) is 4.79 Å². The molecule has 21 heavy (non-hydrogen) atoms. The highest BCUT2D eigenvalue weighted by molar-refractivity contribution is 6.00. The summed E-state index contributed by atoms with van der Waals surface area (Å²) < 4.78 is 16.7. The van der Waals surface area contributed by atoms with Gasteiger partial charge in [-0.2, -0.15) is 0 Å². The molecule has 106 valence electrons. The molecule has 0 radical (unpaired) electrons. The van der Waals surface area contributed by atoms with Crippen LogP contribution in [0.25, 0.3) is 0 Å². The molecular weight excluding hydrogens is 268 g/mol. The highest BCUT2D eigenvalue weighted by Crippen LogP contribution is 2.39. The van der Waals surface area contributed by atoms with Crippen molar-refractivity contribution in [2.45, 2.75) is 19.4 Å². The minimum atomic E-state index is -0.276. The van der Waals surface area contributed by atoms with E-state index in [1.54, 1.807) is 0 Å². The first-order valence-corrected chi connectivity index (χ1v) is 6.91. The van der Waals surface area contributed by atoms with Crippen LogP contribution in [0.2, 0.25) is 0 Å². The number of carbonyl (C=O) groups excluding carboxylic acids is 1. The molecule has 0 saturated carbocycles. The molecule has 0 aromatic heterocycles. The molecule has 4 nitrogen and oxygen atoms in total. The summed E-state index contributed by atoms with van der Waals surface area (Å²) in [7, 11) is 0. The van der Waals surface area contributed by atoms with Crippen LogP contribution in [0.5, 0.6) is 17.2 Å². The van der Waals surface area contributed by atoms with Gasteiger partial charge in [0.25, 0.3) is 0 Å². The topological polar surface area (TPSA) is 44.8 Å². The smallest absolute Gasteiger partial charge is 0.231 e. The van der Waals surface area contributed by atoms with E-state index >= 15 is 0 Å². The second-order valence-electron chi connectivity index (χ2n) is 5.35. The average Bonchev–Trinajstić information content (AvgIpc) is 2.95. The lowest BCUT2D eigenvalue weighted by molar-refractivity contribution is 0.0849. The maximum absolute atomic E-state index is 12.3. The summed E-state index contributed by atoms with van der Waals surface area (Å²) >= 11 is 0. The first-order chi connectivity index (χ1) is 10.2. The van der Waals surface area contributed by atoms with Crippen LogP contribution in [0.4, 0.5) is 0 Å². The van der Waals surface area contributed by atoms with Gasteiger partial charge in [-0.05, 0) is 36.8 Å². The highest BCUT2D eigenvalue weighted by atomic mass is 16.7. The number of carbonyl (C=O) groups is 1. The predicted molar refractivity (Wildman–Crippen MR) is 76.1 cm³/mol. The van der Waals surface area contributed by atoms with E-state index < -0.39 is 0 Å². The van der Waals surface area contributed by atoms with Crippen LogP contribution in [0.3, 0.4) is 0 Å². The van der Waals surface area contributed by atoms with Crippen LogP contribution in [-0.4, -0.2) is 12.6 Å². The molecule has 0 N–H and O–H groups in total. The summed E-state index contributed by atoms with van der Waals surface area (Å²) in [4.78, 5) is 12.3. The van der Waals surface area contributed by atoms with Gasteiger partial charge in [-0.15, -0.1) is 0 Å². The zero-order valence-corrected chi connectivity index (χ0v) is 11.6. The quantitative estimate of drug-likeness (QED) is 0.803. The first-order valence-electron chi connectivity index (χ1n) is 6.91. The molecule has 0 spiro atoms. The van der Waals surface area contributed by atoms with E-state index in [9.17, 15) is 4.79 Å². The number of rotatable bonds is 1. The van der Waals surface area contributed by atoms with E-state index in [0.29, 0.717) is 23.5 Å². The Morgan fingerprint density at radius 3 is 2.71 bits per heavy atom. The largest absolute Gasteiger partial charge is 0.484 e. The summed E-state index contributed by atoms with van der Waals surface area (Å²) in [5.41, 5.74) is 2.66. The number of benzene rings is 2. The molecule has 1 atom stereocenters. The number of aryl methyl sites for hydroxylation is 1. The molecule has 0 saturated heterocycles. The van der Waals surface area contributed by atoms with Gasteiger partial charge < -0.3 is 14.2 Å². The maximum atomic E-state index is 12.3. The molecule has 1 unspecified atom stereocenters. The Morgan fingerprint density at radius 1 is 1.00 bits per heavy atom. The van der Waals surface area contributed by atoms with Gasteiger partial charge in [0.1, 0.15) is 11.9 Å². The molecule has 2 aliphatic rings. The molecule has 4 rings (SSSR count). The normalized spacial score (nSPS) is 19.1. The van der Waals surface area contributed by atoms with Crippen molar-refractivity contribution in [2.24, 2.45) is 0 Å². The van der Waals surface area contributed by atoms with Crippen molar-refractivity contribution >= 4 is 5.78 Å². The molecule has 0 fully saturated rings. The molecule has 0 bridgehead atoms. The summed E-state index contributed by atoms with van der Waals surface area (Å²) in [6.07, 6.45) is 0.0676. The third-order valence-corrected chi connectivity index (χ3v) is 3.84. The minimum Gasteiger partial charge on any atom is -0.484 e. The van der Waals surface area contributed by atoms with Gasteiger partial charge in [0, 0.05) is 0 Å². The lowest BCUT2D eigenvalue weighted by Gasteiger charge is -2.25. The van der Waals surface area contributed by atoms with Gasteiger partial charge in [0.2, 0.25) is 6.79 Å². The number of hydrogen-bond donors (Lipinski definition) is 0. The molecule has 0 aliphatic carbocycles. The fourth-order valence-corrected chi connectivity index (χ4v) is 2.74. The Balaban J connectivity index is 1.69. The van der Waals surface area contributed by atoms with Crippen molar-refractivity contribution < 1.29 is 19.0 Å². The Labute approximate surface area is 122 Å². The van der Waals surface area contributed by atoms with E-state index in [1.807, 2.05) is 43.3 Å². The summed E-state index contributed by atoms with van der Waals surface area (Å²) in [5.74, 6) is 2.21. The summed E-state index contributed by atoms with van der Waals surface area (Å²) in [5, 5.41) is 0. The van der Waals surface area contributed by atoms with Crippen LogP contribution in [0, 0.1) is 6.92 Å². The number of ketones is 1. The SMILES string of the molecule is Cc1ccc2c(c1)C(=O)CC(c1ccc3c(c1)OCO3)O2. The Kier molecular flexibility index (Phi) is 2.64. The van der Waals surface area contributed by atoms with E-state index in [0.717, 1.165) is 16.9 Å².